The molecule has 4 unspecified atom stereocenters. The Morgan fingerprint density at radius 2 is 2.33 bits per heavy atom. The first kappa shape index (κ1) is 12.2. The summed E-state index contributed by atoms with van der Waals surface area (Å²) in [6.07, 6.45) is 13.4. The van der Waals surface area contributed by atoms with Crippen molar-refractivity contribution in [3.8, 4) is 0 Å². The summed E-state index contributed by atoms with van der Waals surface area (Å²) in [4.78, 5) is 0. The molecule has 100 valence electrons. The highest BCUT2D eigenvalue weighted by atomic mass is 15.2. The van der Waals surface area contributed by atoms with Gasteiger partial charge in [-0.3, -0.25) is 4.68 Å². The van der Waals surface area contributed by atoms with E-state index in [0.29, 0.717) is 6.04 Å². The number of hydrogen-bond acceptors (Lipinski definition) is 2. The van der Waals surface area contributed by atoms with E-state index < -0.39 is 0 Å². The molecule has 0 amide bonds. The molecule has 0 saturated heterocycles. The van der Waals surface area contributed by atoms with Gasteiger partial charge in [-0.25, -0.2) is 0 Å². The fourth-order valence-electron chi connectivity index (χ4n) is 4.12. The van der Waals surface area contributed by atoms with Crippen molar-refractivity contribution < 1.29 is 0 Å². The molecule has 2 saturated carbocycles. The average molecular weight is 247 g/mol. The molecule has 1 aromatic rings. The van der Waals surface area contributed by atoms with Crippen LogP contribution >= 0.6 is 0 Å². The molecular weight excluding hydrogens is 222 g/mol. The summed E-state index contributed by atoms with van der Waals surface area (Å²) in [5.41, 5.74) is 7.63. The number of aromatic nitrogens is 2. The molecule has 4 atom stereocenters. The van der Waals surface area contributed by atoms with E-state index >= 15 is 0 Å². The van der Waals surface area contributed by atoms with Crippen LogP contribution in [0.3, 0.4) is 0 Å². The predicted octanol–water partition coefficient (Wildman–Crippen LogP) is 2.51. The molecule has 18 heavy (non-hydrogen) atoms. The van der Waals surface area contributed by atoms with Crippen LogP contribution in [0.15, 0.2) is 12.4 Å². The van der Waals surface area contributed by atoms with Gasteiger partial charge in [-0.15, -0.1) is 0 Å². The summed E-state index contributed by atoms with van der Waals surface area (Å²) < 4.78 is 1.87. The standard InChI is InChI=1S/C15H25N3/c1-18-10-12(9-17-18)3-5-15(16)8-14-7-11-2-4-13(14)6-11/h9-11,13-15H,2-8,16H2,1H3. The Hall–Kier alpha value is -0.830. The normalized spacial score (nSPS) is 32.0. The lowest BCUT2D eigenvalue weighted by Gasteiger charge is -2.24. The van der Waals surface area contributed by atoms with Crippen LogP contribution in [0.2, 0.25) is 0 Å². The van der Waals surface area contributed by atoms with E-state index in [2.05, 4.69) is 11.3 Å². The third-order valence-corrected chi connectivity index (χ3v) is 5.05. The predicted molar refractivity (Wildman–Crippen MR) is 73.1 cm³/mol. The van der Waals surface area contributed by atoms with E-state index in [0.717, 1.165) is 30.6 Å². The summed E-state index contributed by atoms with van der Waals surface area (Å²) in [6.45, 7) is 0. The van der Waals surface area contributed by atoms with Crippen LogP contribution in [-0.4, -0.2) is 15.8 Å². The van der Waals surface area contributed by atoms with Gasteiger partial charge in [0.05, 0.1) is 6.20 Å². The first-order valence-corrected chi connectivity index (χ1v) is 7.44. The molecule has 1 aromatic heterocycles. The van der Waals surface area contributed by atoms with Gasteiger partial charge in [-0.2, -0.15) is 5.10 Å². The Bertz CT molecular complexity index is 398. The minimum Gasteiger partial charge on any atom is -0.328 e. The van der Waals surface area contributed by atoms with Crippen LogP contribution in [0.5, 0.6) is 0 Å². The topological polar surface area (TPSA) is 43.8 Å². The van der Waals surface area contributed by atoms with Crippen LogP contribution in [0.1, 0.15) is 44.1 Å². The molecule has 0 spiro atoms. The Kier molecular flexibility index (Phi) is 3.42. The summed E-state index contributed by atoms with van der Waals surface area (Å²) >= 11 is 0. The minimum atomic E-state index is 0.384. The largest absolute Gasteiger partial charge is 0.328 e. The molecule has 3 nitrogen and oxygen atoms in total. The third-order valence-electron chi connectivity index (χ3n) is 5.05. The van der Waals surface area contributed by atoms with Gasteiger partial charge in [-0.1, -0.05) is 6.42 Å². The Balaban J connectivity index is 1.43. The van der Waals surface area contributed by atoms with E-state index in [4.69, 9.17) is 5.73 Å². The zero-order chi connectivity index (χ0) is 12.5. The number of nitrogens with zero attached hydrogens (tertiary/aromatic N) is 2. The Labute approximate surface area is 110 Å². The quantitative estimate of drug-likeness (QED) is 0.869. The second-order valence-electron chi connectivity index (χ2n) is 6.49. The lowest BCUT2D eigenvalue weighted by Crippen LogP contribution is -2.26. The molecule has 2 aliphatic rings. The fraction of sp³-hybridized carbons (Fsp3) is 0.800. The molecule has 2 fully saturated rings. The SMILES string of the molecule is Cn1cc(CCC(N)CC2CC3CCC2C3)cn1. The van der Waals surface area contributed by atoms with Gasteiger partial charge in [0.1, 0.15) is 0 Å². The van der Waals surface area contributed by atoms with Crippen molar-refractivity contribution >= 4 is 0 Å². The van der Waals surface area contributed by atoms with Crippen LogP contribution < -0.4 is 5.73 Å². The van der Waals surface area contributed by atoms with Crippen molar-refractivity contribution in [2.45, 2.75) is 51.0 Å². The molecule has 3 heteroatoms. The van der Waals surface area contributed by atoms with E-state index in [1.165, 1.54) is 37.7 Å². The van der Waals surface area contributed by atoms with Gasteiger partial charge < -0.3 is 5.73 Å². The highest BCUT2D eigenvalue weighted by Crippen LogP contribution is 2.49. The lowest BCUT2D eigenvalue weighted by atomic mass is 9.83. The molecule has 0 radical (unpaired) electrons. The molecule has 0 aliphatic heterocycles. The molecule has 2 bridgehead atoms. The summed E-state index contributed by atoms with van der Waals surface area (Å²) in [5.74, 6) is 3.00. The number of fused-ring (bicyclic) bond motifs is 2. The number of rotatable bonds is 5. The van der Waals surface area contributed by atoms with Crippen LogP contribution in [0.25, 0.3) is 0 Å². The van der Waals surface area contributed by atoms with Crippen LogP contribution in [-0.2, 0) is 13.5 Å². The van der Waals surface area contributed by atoms with Crippen molar-refractivity contribution in [2.75, 3.05) is 0 Å². The van der Waals surface area contributed by atoms with Gasteiger partial charge in [-0.05, 0) is 61.8 Å². The van der Waals surface area contributed by atoms with Crippen LogP contribution in [0, 0.1) is 17.8 Å². The summed E-state index contributed by atoms with van der Waals surface area (Å²) in [5, 5.41) is 4.20. The third kappa shape index (κ3) is 2.61. The van der Waals surface area contributed by atoms with E-state index in [1.54, 1.807) is 0 Å². The fourth-order valence-corrected chi connectivity index (χ4v) is 4.12. The molecule has 1 heterocycles. The molecular formula is C15H25N3. The first-order chi connectivity index (χ1) is 8.70. The molecule has 0 aromatic carbocycles. The number of aryl methyl sites for hydroxylation is 2. The number of hydrogen-bond donors (Lipinski definition) is 1. The van der Waals surface area contributed by atoms with Gasteiger partial charge in [0, 0.05) is 19.3 Å². The van der Waals surface area contributed by atoms with Crippen LogP contribution in [0.4, 0.5) is 0 Å². The highest BCUT2D eigenvalue weighted by Gasteiger charge is 2.39. The maximum Gasteiger partial charge on any atom is 0.0521 e. The molecule has 2 aliphatic carbocycles. The van der Waals surface area contributed by atoms with Crippen molar-refractivity contribution in [3.63, 3.8) is 0 Å². The molecule has 2 N–H and O–H groups in total. The van der Waals surface area contributed by atoms with E-state index in [-0.39, 0.29) is 0 Å². The van der Waals surface area contributed by atoms with Gasteiger partial charge in [0.25, 0.3) is 0 Å². The zero-order valence-electron chi connectivity index (χ0n) is 11.4. The lowest BCUT2D eigenvalue weighted by molar-refractivity contribution is 0.290. The monoisotopic (exact) mass is 247 g/mol. The van der Waals surface area contributed by atoms with E-state index in [1.807, 2.05) is 17.9 Å². The minimum absolute atomic E-state index is 0.384. The van der Waals surface area contributed by atoms with E-state index in [9.17, 15) is 0 Å². The second kappa shape index (κ2) is 5.04. The maximum atomic E-state index is 6.31. The highest BCUT2D eigenvalue weighted by molar-refractivity contribution is 5.04. The zero-order valence-corrected chi connectivity index (χ0v) is 11.4. The summed E-state index contributed by atoms with van der Waals surface area (Å²) in [6, 6.07) is 0.384. The molecule has 3 rings (SSSR count). The Morgan fingerprint density at radius 1 is 1.44 bits per heavy atom. The van der Waals surface area contributed by atoms with Gasteiger partial charge in [0.15, 0.2) is 0 Å². The Morgan fingerprint density at radius 3 is 2.94 bits per heavy atom. The maximum absolute atomic E-state index is 6.31. The smallest absolute Gasteiger partial charge is 0.0521 e. The van der Waals surface area contributed by atoms with Gasteiger partial charge in [0.2, 0.25) is 0 Å². The average Bonchev–Trinajstić information content (AvgIpc) is 3.03. The van der Waals surface area contributed by atoms with Crippen molar-refractivity contribution in [1.29, 1.82) is 0 Å². The van der Waals surface area contributed by atoms with Crippen molar-refractivity contribution in [3.05, 3.63) is 18.0 Å². The van der Waals surface area contributed by atoms with Crippen molar-refractivity contribution in [1.82, 2.24) is 9.78 Å². The second-order valence-corrected chi connectivity index (χ2v) is 6.49. The van der Waals surface area contributed by atoms with Gasteiger partial charge >= 0.3 is 0 Å². The van der Waals surface area contributed by atoms with Crippen molar-refractivity contribution in [2.24, 2.45) is 30.5 Å². The summed E-state index contributed by atoms with van der Waals surface area (Å²) in [7, 11) is 1.97. The number of nitrogens with two attached hydrogens (primary N) is 1. The first-order valence-electron chi connectivity index (χ1n) is 7.44.